The molecule has 0 amide bonds. The predicted octanol–water partition coefficient (Wildman–Crippen LogP) is 3.41. The highest BCUT2D eigenvalue weighted by Gasteiger charge is 2.33. The Morgan fingerprint density at radius 1 is 1.20 bits per heavy atom. The van der Waals surface area contributed by atoms with Crippen LogP contribution < -0.4 is 5.19 Å². The third-order valence-electron chi connectivity index (χ3n) is 1.95. The van der Waals surface area contributed by atoms with E-state index in [-0.39, 0.29) is 0 Å². The van der Waals surface area contributed by atoms with Gasteiger partial charge in [0.15, 0.2) is 0 Å². The zero-order chi connectivity index (χ0) is 11.9. The number of aromatic nitrogens is 1. The van der Waals surface area contributed by atoms with Crippen LogP contribution in [-0.2, 0) is 6.18 Å². The van der Waals surface area contributed by atoms with Crippen molar-refractivity contribution < 1.29 is 13.2 Å². The molecule has 0 unspecified atom stereocenters. The molecule has 0 N–H and O–H groups in total. The Hall–Kier alpha value is -0.363. The highest BCUT2D eigenvalue weighted by atomic mass is 79.9. The van der Waals surface area contributed by atoms with Crippen LogP contribution in [0.25, 0.3) is 0 Å². The average molecular weight is 298 g/mol. The number of hydrogen-bond donors (Lipinski definition) is 0. The van der Waals surface area contributed by atoms with Crippen LogP contribution in [0.15, 0.2) is 16.7 Å². The van der Waals surface area contributed by atoms with E-state index in [1.165, 1.54) is 6.07 Å². The van der Waals surface area contributed by atoms with Crippen LogP contribution in [0, 0.1) is 0 Å². The third kappa shape index (κ3) is 3.04. The fraction of sp³-hybridized carbons (Fsp3) is 0.444. The first kappa shape index (κ1) is 12.7. The first-order valence-corrected chi connectivity index (χ1v) is 8.66. The van der Waals surface area contributed by atoms with Gasteiger partial charge in [-0.1, -0.05) is 25.7 Å². The molecule has 6 heteroatoms. The van der Waals surface area contributed by atoms with Gasteiger partial charge in [-0.15, -0.1) is 0 Å². The summed E-state index contributed by atoms with van der Waals surface area (Å²) >= 11 is 3.10. The smallest absolute Gasteiger partial charge is 0.237 e. The van der Waals surface area contributed by atoms with E-state index in [0.29, 0.717) is 4.60 Å². The Labute approximate surface area is 95.9 Å². The van der Waals surface area contributed by atoms with Crippen molar-refractivity contribution in [1.29, 1.82) is 0 Å². The summed E-state index contributed by atoms with van der Waals surface area (Å²) in [6.45, 7) is 6.17. The Morgan fingerprint density at radius 2 is 1.73 bits per heavy atom. The van der Waals surface area contributed by atoms with Gasteiger partial charge in [0.1, 0.15) is 10.3 Å². The molecule has 1 nitrogen and oxygen atoms in total. The van der Waals surface area contributed by atoms with Gasteiger partial charge in [-0.2, -0.15) is 13.2 Å². The summed E-state index contributed by atoms with van der Waals surface area (Å²) in [5.41, 5.74) is -0.851. The molecule has 0 aromatic carbocycles. The minimum Gasteiger partial charge on any atom is -0.237 e. The van der Waals surface area contributed by atoms with Crippen molar-refractivity contribution >= 4 is 29.2 Å². The predicted molar refractivity (Wildman–Crippen MR) is 59.9 cm³/mol. The molecule has 84 valence electrons. The van der Waals surface area contributed by atoms with Crippen LogP contribution in [0.1, 0.15) is 5.69 Å². The molecule has 1 aromatic heterocycles. The molecule has 0 saturated heterocycles. The van der Waals surface area contributed by atoms with Gasteiger partial charge in [0.05, 0.1) is 8.07 Å². The fourth-order valence-electron chi connectivity index (χ4n) is 1.15. The van der Waals surface area contributed by atoms with E-state index >= 15 is 0 Å². The Morgan fingerprint density at radius 3 is 2.07 bits per heavy atom. The molecule has 0 fully saturated rings. The van der Waals surface area contributed by atoms with Crippen LogP contribution in [0.4, 0.5) is 13.2 Å². The van der Waals surface area contributed by atoms with Crippen molar-refractivity contribution in [2.45, 2.75) is 25.8 Å². The van der Waals surface area contributed by atoms with E-state index in [2.05, 4.69) is 40.6 Å². The first-order valence-electron chi connectivity index (χ1n) is 4.36. The van der Waals surface area contributed by atoms with Crippen LogP contribution in [0.2, 0.25) is 19.6 Å². The van der Waals surface area contributed by atoms with Crippen molar-refractivity contribution in [3.05, 3.63) is 22.4 Å². The minimum atomic E-state index is -4.37. The van der Waals surface area contributed by atoms with Gasteiger partial charge in [-0.05, 0) is 27.2 Å². The van der Waals surface area contributed by atoms with Gasteiger partial charge < -0.3 is 0 Å². The van der Waals surface area contributed by atoms with Crippen molar-refractivity contribution in [3.8, 4) is 0 Å². The topological polar surface area (TPSA) is 12.9 Å². The zero-order valence-electron chi connectivity index (χ0n) is 8.61. The Bertz CT molecular complexity index is 371. The van der Waals surface area contributed by atoms with Gasteiger partial charge in [0.25, 0.3) is 0 Å². The van der Waals surface area contributed by atoms with E-state index in [1.54, 1.807) is 0 Å². The quantitative estimate of drug-likeness (QED) is 0.572. The van der Waals surface area contributed by atoms with Gasteiger partial charge in [0, 0.05) is 0 Å². The van der Waals surface area contributed by atoms with Crippen molar-refractivity contribution in [2.24, 2.45) is 0 Å². The molecule has 0 aliphatic rings. The van der Waals surface area contributed by atoms with Crippen LogP contribution >= 0.6 is 15.9 Å². The summed E-state index contributed by atoms with van der Waals surface area (Å²) in [5, 5.41) is 0.899. The maximum absolute atomic E-state index is 12.3. The Kier molecular flexibility index (Phi) is 3.30. The van der Waals surface area contributed by atoms with Gasteiger partial charge >= 0.3 is 6.18 Å². The summed E-state index contributed by atoms with van der Waals surface area (Å²) in [6.07, 6.45) is -4.37. The fourth-order valence-corrected chi connectivity index (χ4v) is 4.52. The molecule has 0 radical (unpaired) electrons. The molecule has 15 heavy (non-hydrogen) atoms. The van der Waals surface area contributed by atoms with Crippen LogP contribution in [0.3, 0.4) is 0 Å². The number of halogens is 4. The van der Waals surface area contributed by atoms with Crippen LogP contribution in [-0.4, -0.2) is 13.1 Å². The molecule has 0 saturated carbocycles. The lowest BCUT2D eigenvalue weighted by atomic mass is 10.3. The van der Waals surface area contributed by atoms with Crippen LogP contribution in [0.5, 0.6) is 0 Å². The minimum absolute atomic E-state index is 0.316. The van der Waals surface area contributed by atoms with E-state index in [4.69, 9.17) is 0 Å². The second-order valence-corrected chi connectivity index (χ2v) is 10.1. The van der Waals surface area contributed by atoms with Crippen molar-refractivity contribution in [1.82, 2.24) is 4.98 Å². The maximum Gasteiger partial charge on any atom is 0.433 e. The molecular formula is C9H11BrF3NSi. The molecule has 1 rings (SSSR count). The Balaban J connectivity index is 3.21. The molecule has 0 atom stereocenters. The molecule has 0 bridgehead atoms. The summed E-state index contributed by atoms with van der Waals surface area (Å²) < 4.78 is 37.3. The summed E-state index contributed by atoms with van der Waals surface area (Å²) in [6, 6.07) is 2.56. The third-order valence-corrected chi connectivity index (χ3v) is 4.94. The molecule has 1 aromatic rings. The van der Waals surface area contributed by atoms with E-state index in [9.17, 15) is 13.2 Å². The lowest BCUT2D eigenvalue weighted by Gasteiger charge is -2.18. The largest absolute Gasteiger partial charge is 0.433 e. The summed E-state index contributed by atoms with van der Waals surface area (Å²) in [4.78, 5) is 3.54. The lowest BCUT2D eigenvalue weighted by molar-refractivity contribution is -0.141. The van der Waals surface area contributed by atoms with Gasteiger partial charge in [-0.25, -0.2) is 4.98 Å². The van der Waals surface area contributed by atoms with E-state index in [1.807, 2.05) is 0 Å². The highest BCUT2D eigenvalue weighted by Crippen LogP contribution is 2.28. The SMILES string of the molecule is C[Si](C)(C)c1ccc(C(F)(F)F)nc1Br. The first-order chi connectivity index (χ1) is 6.62. The zero-order valence-corrected chi connectivity index (χ0v) is 11.2. The second-order valence-electron chi connectivity index (χ2n) is 4.28. The van der Waals surface area contributed by atoms with Gasteiger partial charge in [-0.3, -0.25) is 0 Å². The highest BCUT2D eigenvalue weighted by molar-refractivity contribution is 9.10. The molecule has 0 aliphatic heterocycles. The number of alkyl halides is 3. The number of pyridine rings is 1. The molecule has 1 heterocycles. The number of rotatable bonds is 1. The van der Waals surface area contributed by atoms with E-state index in [0.717, 1.165) is 11.3 Å². The molecule has 0 spiro atoms. The molecular weight excluding hydrogens is 287 g/mol. The summed E-state index contributed by atoms with van der Waals surface area (Å²) in [7, 11) is -1.64. The normalized spacial score (nSPS) is 13.0. The van der Waals surface area contributed by atoms with E-state index < -0.39 is 19.9 Å². The van der Waals surface area contributed by atoms with Crippen molar-refractivity contribution in [3.63, 3.8) is 0 Å². The lowest BCUT2D eigenvalue weighted by Crippen LogP contribution is -2.39. The number of hydrogen-bond acceptors (Lipinski definition) is 1. The number of nitrogens with zero attached hydrogens (tertiary/aromatic N) is 1. The maximum atomic E-state index is 12.3. The van der Waals surface area contributed by atoms with Crippen molar-refractivity contribution in [2.75, 3.05) is 0 Å². The molecule has 0 aliphatic carbocycles. The monoisotopic (exact) mass is 297 g/mol. The average Bonchev–Trinajstić information content (AvgIpc) is 1.99. The second kappa shape index (κ2) is 3.90. The standard InChI is InChI=1S/C9H11BrF3NSi/c1-15(2,3)6-4-5-7(9(11,12)13)14-8(6)10/h4-5H,1-3H3. The summed E-state index contributed by atoms with van der Waals surface area (Å²) in [5.74, 6) is 0. The van der Waals surface area contributed by atoms with Gasteiger partial charge in [0.2, 0.25) is 0 Å².